The topological polar surface area (TPSA) is 47.6 Å². The summed E-state index contributed by atoms with van der Waals surface area (Å²) in [5.74, 6) is 1.62. The summed E-state index contributed by atoms with van der Waals surface area (Å²) in [6.07, 6.45) is 1.76. The third-order valence-electron chi connectivity index (χ3n) is 4.73. The number of nitrogens with one attached hydrogen (secondary N) is 1. The van der Waals surface area contributed by atoms with Crippen molar-refractivity contribution < 1.29 is 14.3 Å². The summed E-state index contributed by atoms with van der Waals surface area (Å²) < 4.78 is 12.6. The van der Waals surface area contributed by atoms with Gasteiger partial charge < -0.3 is 14.8 Å². The molecule has 0 unspecified atom stereocenters. The van der Waals surface area contributed by atoms with Gasteiger partial charge in [-0.1, -0.05) is 66.2 Å². The second kappa shape index (κ2) is 11.6. The Balaban J connectivity index is 1.62. The lowest BCUT2D eigenvalue weighted by molar-refractivity contribution is 0.102. The van der Waals surface area contributed by atoms with Crippen LogP contribution in [0.25, 0.3) is 0 Å². The van der Waals surface area contributed by atoms with Crippen molar-refractivity contribution in [2.45, 2.75) is 26.7 Å². The lowest BCUT2D eigenvalue weighted by Crippen LogP contribution is -2.14. The molecule has 0 aliphatic heterocycles. The molecule has 3 rings (SSSR count). The first kappa shape index (κ1) is 22.9. The number of ether oxygens (including phenoxy) is 2. The first-order valence-electron chi connectivity index (χ1n) is 10.5. The Morgan fingerprint density at radius 3 is 2.52 bits per heavy atom. The number of amides is 1. The van der Waals surface area contributed by atoms with Gasteiger partial charge in [-0.25, -0.2) is 0 Å². The van der Waals surface area contributed by atoms with Crippen molar-refractivity contribution in [2.75, 3.05) is 18.5 Å². The highest BCUT2D eigenvalue weighted by atomic mass is 79.9. The molecule has 0 saturated heterocycles. The van der Waals surface area contributed by atoms with Crippen LogP contribution in [0.2, 0.25) is 0 Å². The SMILES string of the molecule is CC(C)CCOc1ccc(Br)cc1C(=O)Nc1cccc(OCCc2ccccc2)c1. The fraction of sp³-hybridized carbons (Fsp3) is 0.269. The fourth-order valence-corrected chi connectivity index (χ4v) is 3.36. The highest BCUT2D eigenvalue weighted by Gasteiger charge is 2.14. The third kappa shape index (κ3) is 7.44. The van der Waals surface area contributed by atoms with Crippen LogP contribution in [0.3, 0.4) is 0 Å². The molecule has 3 aromatic rings. The van der Waals surface area contributed by atoms with Crippen molar-refractivity contribution in [1.82, 2.24) is 0 Å². The van der Waals surface area contributed by atoms with E-state index in [1.807, 2.05) is 54.6 Å². The first-order valence-corrected chi connectivity index (χ1v) is 11.3. The van der Waals surface area contributed by atoms with Crippen LogP contribution in [0.4, 0.5) is 5.69 Å². The number of carbonyl (C=O) groups is 1. The van der Waals surface area contributed by atoms with E-state index in [2.05, 4.69) is 47.2 Å². The standard InChI is InChI=1S/C26H28BrNO3/c1-19(2)13-15-31-25-12-11-21(27)17-24(25)26(29)28-22-9-6-10-23(18-22)30-16-14-20-7-4-3-5-8-20/h3-12,17-19H,13-16H2,1-2H3,(H,28,29). The average Bonchev–Trinajstić information content (AvgIpc) is 2.75. The fourth-order valence-electron chi connectivity index (χ4n) is 3.00. The summed E-state index contributed by atoms with van der Waals surface area (Å²) in [5.41, 5.74) is 2.40. The van der Waals surface area contributed by atoms with Gasteiger partial charge >= 0.3 is 0 Å². The van der Waals surface area contributed by atoms with Gasteiger partial charge in [0, 0.05) is 22.6 Å². The van der Waals surface area contributed by atoms with Crippen molar-refractivity contribution >= 4 is 27.5 Å². The maximum absolute atomic E-state index is 12.9. The third-order valence-corrected chi connectivity index (χ3v) is 5.23. The van der Waals surface area contributed by atoms with E-state index in [0.717, 1.165) is 23.1 Å². The van der Waals surface area contributed by atoms with Crippen molar-refractivity contribution in [1.29, 1.82) is 0 Å². The molecule has 1 N–H and O–H groups in total. The van der Waals surface area contributed by atoms with Crippen molar-refractivity contribution in [3.05, 3.63) is 88.4 Å². The molecular formula is C26H28BrNO3. The molecule has 0 spiro atoms. The number of rotatable bonds is 10. The Labute approximate surface area is 192 Å². The van der Waals surface area contributed by atoms with Gasteiger partial charge in [-0.05, 0) is 48.2 Å². The highest BCUT2D eigenvalue weighted by Crippen LogP contribution is 2.26. The van der Waals surface area contributed by atoms with Crippen LogP contribution in [0.5, 0.6) is 11.5 Å². The Morgan fingerprint density at radius 2 is 1.74 bits per heavy atom. The van der Waals surface area contributed by atoms with E-state index in [9.17, 15) is 4.79 Å². The molecule has 31 heavy (non-hydrogen) atoms. The van der Waals surface area contributed by atoms with Gasteiger partial charge in [-0.3, -0.25) is 4.79 Å². The Hall–Kier alpha value is -2.79. The van der Waals surface area contributed by atoms with Crippen LogP contribution in [0, 0.1) is 5.92 Å². The summed E-state index contributed by atoms with van der Waals surface area (Å²) in [6.45, 7) is 5.44. The minimum absolute atomic E-state index is 0.220. The summed E-state index contributed by atoms with van der Waals surface area (Å²) >= 11 is 3.45. The molecule has 0 radical (unpaired) electrons. The maximum Gasteiger partial charge on any atom is 0.259 e. The second-order valence-corrected chi connectivity index (χ2v) is 8.65. The minimum atomic E-state index is -0.220. The van der Waals surface area contributed by atoms with Gasteiger partial charge in [0.15, 0.2) is 0 Å². The molecular weight excluding hydrogens is 454 g/mol. The van der Waals surface area contributed by atoms with Crippen LogP contribution < -0.4 is 14.8 Å². The van der Waals surface area contributed by atoms with Crippen LogP contribution in [-0.2, 0) is 6.42 Å². The summed E-state index contributed by atoms with van der Waals surface area (Å²) in [7, 11) is 0. The van der Waals surface area contributed by atoms with Crippen LogP contribution in [-0.4, -0.2) is 19.1 Å². The van der Waals surface area contributed by atoms with E-state index >= 15 is 0 Å². The van der Waals surface area contributed by atoms with E-state index in [4.69, 9.17) is 9.47 Å². The zero-order valence-electron chi connectivity index (χ0n) is 17.9. The monoisotopic (exact) mass is 481 g/mol. The molecule has 162 valence electrons. The van der Waals surface area contributed by atoms with Gasteiger partial charge in [0.05, 0.1) is 18.8 Å². The Bertz CT molecular complexity index is 989. The first-order chi connectivity index (χ1) is 15.0. The average molecular weight is 482 g/mol. The molecule has 0 aliphatic rings. The summed E-state index contributed by atoms with van der Waals surface area (Å²) in [5, 5.41) is 2.95. The van der Waals surface area contributed by atoms with E-state index < -0.39 is 0 Å². The predicted octanol–water partition coefficient (Wildman–Crippen LogP) is 6.75. The smallest absolute Gasteiger partial charge is 0.259 e. The summed E-state index contributed by atoms with van der Waals surface area (Å²) in [4.78, 5) is 12.9. The molecule has 4 nitrogen and oxygen atoms in total. The van der Waals surface area contributed by atoms with Gasteiger partial charge in [0.25, 0.3) is 5.91 Å². The van der Waals surface area contributed by atoms with Gasteiger partial charge in [-0.15, -0.1) is 0 Å². The van der Waals surface area contributed by atoms with E-state index in [0.29, 0.717) is 36.1 Å². The quantitative estimate of drug-likeness (QED) is 0.348. The van der Waals surface area contributed by atoms with Crippen LogP contribution in [0.1, 0.15) is 36.2 Å². The number of halogens is 1. The van der Waals surface area contributed by atoms with E-state index in [1.165, 1.54) is 5.56 Å². The molecule has 5 heteroatoms. The van der Waals surface area contributed by atoms with Crippen LogP contribution in [0.15, 0.2) is 77.3 Å². The molecule has 3 aromatic carbocycles. The lowest BCUT2D eigenvalue weighted by Gasteiger charge is -2.14. The molecule has 0 fully saturated rings. The number of hydrogen-bond donors (Lipinski definition) is 1. The van der Waals surface area contributed by atoms with E-state index in [-0.39, 0.29) is 5.91 Å². The molecule has 0 bridgehead atoms. The summed E-state index contributed by atoms with van der Waals surface area (Å²) in [6, 6.07) is 23.1. The molecule has 0 heterocycles. The highest BCUT2D eigenvalue weighted by molar-refractivity contribution is 9.10. The maximum atomic E-state index is 12.9. The van der Waals surface area contributed by atoms with Crippen LogP contribution >= 0.6 is 15.9 Å². The minimum Gasteiger partial charge on any atom is -0.493 e. The van der Waals surface area contributed by atoms with Crippen molar-refractivity contribution in [3.8, 4) is 11.5 Å². The largest absolute Gasteiger partial charge is 0.493 e. The zero-order chi connectivity index (χ0) is 22.1. The molecule has 0 saturated carbocycles. The van der Waals surface area contributed by atoms with Gasteiger partial charge in [-0.2, -0.15) is 0 Å². The van der Waals surface area contributed by atoms with Gasteiger partial charge in [0.2, 0.25) is 0 Å². The van der Waals surface area contributed by atoms with Gasteiger partial charge in [0.1, 0.15) is 11.5 Å². The molecule has 1 amide bonds. The number of anilines is 1. The second-order valence-electron chi connectivity index (χ2n) is 7.74. The zero-order valence-corrected chi connectivity index (χ0v) is 19.5. The Kier molecular flexibility index (Phi) is 8.53. The van der Waals surface area contributed by atoms with Crippen molar-refractivity contribution in [3.63, 3.8) is 0 Å². The number of benzene rings is 3. The molecule has 0 aliphatic carbocycles. The molecule has 0 aromatic heterocycles. The number of hydrogen-bond acceptors (Lipinski definition) is 3. The normalized spacial score (nSPS) is 10.7. The predicted molar refractivity (Wildman–Crippen MR) is 129 cm³/mol. The number of carbonyl (C=O) groups excluding carboxylic acids is 1. The Morgan fingerprint density at radius 1 is 0.935 bits per heavy atom. The van der Waals surface area contributed by atoms with Crippen molar-refractivity contribution in [2.24, 2.45) is 5.92 Å². The lowest BCUT2D eigenvalue weighted by atomic mass is 10.1. The van der Waals surface area contributed by atoms with E-state index in [1.54, 1.807) is 6.07 Å². The molecule has 0 atom stereocenters.